The lowest BCUT2D eigenvalue weighted by Gasteiger charge is -2.58. The van der Waals surface area contributed by atoms with Crippen LogP contribution < -0.4 is 5.32 Å². The smallest absolute Gasteiger partial charge is 0.217 e. The van der Waals surface area contributed by atoms with Gasteiger partial charge in [0.1, 0.15) is 0 Å². The van der Waals surface area contributed by atoms with Crippen molar-refractivity contribution in [2.45, 2.75) is 118 Å². The number of fused-ring (bicyclic) bond motifs is 5. The number of allylic oxidation sites excluding steroid dienone is 1. The van der Waals surface area contributed by atoms with Crippen molar-refractivity contribution in [1.82, 2.24) is 5.32 Å². The molecule has 0 aromatic rings. The maximum atomic E-state index is 11.6. The monoisotopic (exact) mass is 427 g/mol. The molecule has 0 bridgehead atoms. The molecule has 4 rings (SSSR count). The minimum Gasteiger partial charge on any atom is -0.353 e. The first-order chi connectivity index (χ1) is 14.6. The van der Waals surface area contributed by atoms with Crippen molar-refractivity contribution in [2.24, 2.45) is 46.3 Å². The van der Waals surface area contributed by atoms with Gasteiger partial charge in [-0.2, -0.15) is 0 Å². The highest BCUT2D eigenvalue weighted by molar-refractivity contribution is 5.73. The molecule has 4 aliphatic rings. The van der Waals surface area contributed by atoms with Crippen LogP contribution in [0.1, 0.15) is 112 Å². The van der Waals surface area contributed by atoms with Gasteiger partial charge in [-0.15, -0.1) is 0 Å². The standard InChI is InChI=1S/C29H49NO/c1-19(2)8-7-9-20(3)25-12-13-26-24-11-10-22-18-23(30-21(4)31)14-16-28(22,5)27(24)15-17-29(25,26)6/h10,19-20,23-27H,7-9,11-18H2,1-6H3,(H,30,31)/t20-,23+,24-,25+,26-,27-,28+,29+/m1/s1. The van der Waals surface area contributed by atoms with Gasteiger partial charge in [0.25, 0.3) is 0 Å². The number of rotatable bonds is 6. The van der Waals surface area contributed by atoms with Gasteiger partial charge < -0.3 is 5.32 Å². The van der Waals surface area contributed by atoms with Crippen molar-refractivity contribution < 1.29 is 4.79 Å². The zero-order valence-corrected chi connectivity index (χ0v) is 21.3. The van der Waals surface area contributed by atoms with Crippen molar-refractivity contribution in [2.75, 3.05) is 0 Å². The molecule has 1 amide bonds. The van der Waals surface area contributed by atoms with Crippen LogP contribution in [0.25, 0.3) is 0 Å². The second kappa shape index (κ2) is 8.86. The predicted octanol–water partition coefficient (Wildman–Crippen LogP) is 7.53. The fraction of sp³-hybridized carbons (Fsp3) is 0.897. The Kier molecular flexibility index (Phi) is 6.68. The van der Waals surface area contributed by atoms with Gasteiger partial charge in [-0.3, -0.25) is 4.79 Å². The van der Waals surface area contributed by atoms with E-state index < -0.39 is 0 Å². The number of hydrogen-bond donors (Lipinski definition) is 1. The van der Waals surface area contributed by atoms with Crippen LogP contribution in [-0.4, -0.2) is 11.9 Å². The highest BCUT2D eigenvalue weighted by atomic mass is 16.1. The highest BCUT2D eigenvalue weighted by Crippen LogP contribution is 2.67. The van der Waals surface area contributed by atoms with Gasteiger partial charge in [-0.25, -0.2) is 0 Å². The molecule has 2 heteroatoms. The average molecular weight is 428 g/mol. The molecule has 3 saturated carbocycles. The summed E-state index contributed by atoms with van der Waals surface area (Å²) in [5.41, 5.74) is 2.65. The van der Waals surface area contributed by atoms with Crippen LogP contribution in [0.15, 0.2) is 11.6 Å². The third-order valence-corrected chi connectivity index (χ3v) is 10.7. The number of carbonyl (C=O) groups excluding carboxylic acids is 1. The molecule has 0 saturated heterocycles. The third kappa shape index (κ3) is 4.26. The molecule has 3 fully saturated rings. The van der Waals surface area contributed by atoms with Crippen molar-refractivity contribution in [3.63, 3.8) is 0 Å². The number of carbonyl (C=O) groups is 1. The predicted molar refractivity (Wildman–Crippen MR) is 131 cm³/mol. The Balaban J connectivity index is 1.47. The quantitative estimate of drug-likeness (QED) is 0.436. The topological polar surface area (TPSA) is 29.1 Å². The molecule has 1 N–H and O–H groups in total. The van der Waals surface area contributed by atoms with Crippen molar-refractivity contribution in [3.8, 4) is 0 Å². The van der Waals surface area contributed by atoms with E-state index in [1.807, 2.05) is 0 Å². The summed E-state index contributed by atoms with van der Waals surface area (Å²) in [7, 11) is 0. The summed E-state index contributed by atoms with van der Waals surface area (Å²) in [5.74, 6) is 5.53. The number of nitrogens with one attached hydrogen (secondary N) is 1. The molecule has 0 unspecified atom stereocenters. The van der Waals surface area contributed by atoms with Crippen LogP contribution in [0.2, 0.25) is 0 Å². The Bertz CT molecular complexity index is 695. The van der Waals surface area contributed by atoms with Crippen LogP contribution in [-0.2, 0) is 4.79 Å². The molecule has 31 heavy (non-hydrogen) atoms. The van der Waals surface area contributed by atoms with Gasteiger partial charge in [-0.1, -0.05) is 65.5 Å². The summed E-state index contributed by atoms with van der Waals surface area (Å²) in [6.07, 6.45) is 17.6. The molecule has 0 aromatic carbocycles. The Morgan fingerprint density at radius 3 is 2.55 bits per heavy atom. The molecular weight excluding hydrogens is 378 g/mol. The van der Waals surface area contributed by atoms with Gasteiger partial charge in [0, 0.05) is 13.0 Å². The maximum absolute atomic E-state index is 11.6. The molecule has 176 valence electrons. The summed E-state index contributed by atoms with van der Waals surface area (Å²) >= 11 is 0. The minimum atomic E-state index is 0.135. The zero-order chi connectivity index (χ0) is 22.4. The van der Waals surface area contributed by atoms with Crippen molar-refractivity contribution in [3.05, 3.63) is 11.6 Å². The molecule has 0 radical (unpaired) electrons. The molecule has 0 aromatic heterocycles. The lowest BCUT2D eigenvalue weighted by atomic mass is 9.47. The van der Waals surface area contributed by atoms with E-state index in [2.05, 4.69) is 46.0 Å². The van der Waals surface area contributed by atoms with E-state index in [4.69, 9.17) is 0 Å². The Hall–Kier alpha value is -0.790. The van der Waals surface area contributed by atoms with Crippen LogP contribution in [0, 0.1) is 46.3 Å². The first kappa shape index (κ1) is 23.4. The van der Waals surface area contributed by atoms with Crippen molar-refractivity contribution in [1.29, 1.82) is 0 Å². The summed E-state index contributed by atoms with van der Waals surface area (Å²) in [6.45, 7) is 14.3. The SMILES string of the molecule is CC(=O)N[C@H]1CC[C@@]2(C)C(=CC[C@@H]3[C@H]4CC[C@@H]([C@H](C)CCCC(C)C)[C@]4(C)CC[C@H]32)C1. The summed E-state index contributed by atoms with van der Waals surface area (Å²) in [5, 5.41) is 3.21. The molecule has 0 spiro atoms. The van der Waals surface area contributed by atoms with Gasteiger partial charge in [0.05, 0.1) is 0 Å². The Morgan fingerprint density at radius 2 is 1.84 bits per heavy atom. The number of amides is 1. The van der Waals surface area contributed by atoms with E-state index in [0.29, 0.717) is 16.9 Å². The second-order valence-corrected chi connectivity index (χ2v) is 12.9. The zero-order valence-electron chi connectivity index (χ0n) is 21.3. The molecule has 0 aliphatic heterocycles. The van der Waals surface area contributed by atoms with Gasteiger partial charge in [0.2, 0.25) is 5.91 Å². The molecule has 2 nitrogen and oxygen atoms in total. The van der Waals surface area contributed by atoms with Gasteiger partial charge in [0.15, 0.2) is 0 Å². The van der Waals surface area contributed by atoms with E-state index in [1.54, 1.807) is 12.5 Å². The first-order valence-electron chi connectivity index (χ1n) is 13.6. The largest absolute Gasteiger partial charge is 0.353 e. The maximum Gasteiger partial charge on any atom is 0.217 e. The summed E-state index contributed by atoms with van der Waals surface area (Å²) in [6, 6.07) is 0.366. The van der Waals surface area contributed by atoms with Crippen molar-refractivity contribution >= 4 is 5.91 Å². The van der Waals surface area contributed by atoms with E-state index in [1.165, 1.54) is 57.8 Å². The third-order valence-electron chi connectivity index (χ3n) is 10.7. The molecule has 0 heterocycles. The number of hydrogen-bond acceptors (Lipinski definition) is 1. The van der Waals surface area contributed by atoms with Crippen LogP contribution in [0.5, 0.6) is 0 Å². The normalized spacial score (nSPS) is 42.9. The molecular formula is C29H49NO. The van der Waals surface area contributed by atoms with E-state index in [9.17, 15) is 4.79 Å². The minimum absolute atomic E-state index is 0.135. The fourth-order valence-electron chi connectivity index (χ4n) is 9.10. The van der Waals surface area contributed by atoms with Crippen LogP contribution >= 0.6 is 0 Å². The molecule has 8 atom stereocenters. The highest BCUT2D eigenvalue weighted by Gasteiger charge is 2.59. The first-order valence-corrected chi connectivity index (χ1v) is 13.6. The van der Waals surface area contributed by atoms with Crippen LogP contribution in [0.4, 0.5) is 0 Å². The Labute approximate surface area is 192 Å². The van der Waals surface area contributed by atoms with Gasteiger partial charge in [-0.05, 0) is 97.7 Å². The fourth-order valence-corrected chi connectivity index (χ4v) is 9.10. The van der Waals surface area contributed by atoms with Crippen LogP contribution in [0.3, 0.4) is 0 Å². The summed E-state index contributed by atoms with van der Waals surface area (Å²) in [4.78, 5) is 11.6. The lowest BCUT2D eigenvalue weighted by molar-refractivity contribution is -0.120. The Morgan fingerprint density at radius 1 is 1.06 bits per heavy atom. The molecule has 4 aliphatic carbocycles. The van der Waals surface area contributed by atoms with Gasteiger partial charge >= 0.3 is 0 Å². The van der Waals surface area contributed by atoms with E-state index in [0.717, 1.165) is 48.3 Å². The second-order valence-electron chi connectivity index (χ2n) is 12.9. The lowest BCUT2D eigenvalue weighted by Crippen LogP contribution is -2.52. The van der Waals surface area contributed by atoms with E-state index in [-0.39, 0.29) is 5.91 Å². The summed E-state index contributed by atoms with van der Waals surface area (Å²) < 4.78 is 0. The average Bonchev–Trinajstić information content (AvgIpc) is 3.05. The van der Waals surface area contributed by atoms with E-state index >= 15 is 0 Å².